The highest BCUT2D eigenvalue weighted by Crippen LogP contribution is 2.36. The van der Waals surface area contributed by atoms with Gasteiger partial charge in [-0.3, -0.25) is 0 Å². The van der Waals surface area contributed by atoms with Crippen molar-refractivity contribution in [3.8, 4) is 5.75 Å². The van der Waals surface area contributed by atoms with E-state index in [0.29, 0.717) is 11.8 Å². The number of phenols is 1. The van der Waals surface area contributed by atoms with E-state index in [1.54, 1.807) is 12.1 Å². The number of rotatable bonds is 3. The number of benzene rings is 2. The first-order valence-electron chi connectivity index (χ1n) is 6.93. The van der Waals surface area contributed by atoms with E-state index >= 15 is 0 Å². The summed E-state index contributed by atoms with van der Waals surface area (Å²) in [6, 6.07) is 16.7. The molecular weight excluding hydrogens is 234 g/mol. The molecule has 1 unspecified atom stereocenters. The fourth-order valence-electron chi connectivity index (χ4n) is 3.02. The van der Waals surface area contributed by atoms with Gasteiger partial charge >= 0.3 is 0 Å². The van der Waals surface area contributed by atoms with Gasteiger partial charge in [-0.25, -0.2) is 0 Å². The van der Waals surface area contributed by atoms with Crippen LogP contribution in [0.1, 0.15) is 30.5 Å². The molecule has 0 radical (unpaired) electrons. The zero-order valence-corrected chi connectivity index (χ0v) is 11.2. The zero-order valence-electron chi connectivity index (χ0n) is 11.2. The third-order valence-electron chi connectivity index (χ3n) is 3.96. The normalized spacial score (nSPS) is 15.3. The first kappa shape index (κ1) is 12.1. The van der Waals surface area contributed by atoms with Gasteiger partial charge in [0.25, 0.3) is 0 Å². The van der Waals surface area contributed by atoms with Crippen molar-refractivity contribution in [3.63, 3.8) is 0 Å². The molecule has 0 spiro atoms. The molecule has 0 saturated heterocycles. The predicted molar refractivity (Wildman–Crippen MR) is 78.6 cm³/mol. The topological polar surface area (TPSA) is 23.5 Å². The summed E-state index contributed by atoms with van der Waals surface area (Å²) in [7, 11) is 0. The monoisotopic (exact) mass is 253 g/mol. The molecule has 0 fully saturated rings. The van der Waals surface area contributed by atoms with Crippen LogP contribution in [0.25, 0.3) is 0 Å². The van der Waals surface area contributed by atoms with Gasteiger partial charge in [0.2, 0.25) is 0 Å². The third kappa shape index (κ3) is 2.19. The van der Waals surface area contributed by atoms with Crippen molar-refractivity contribution in [2.45, 2.75) is 25.8 Å². The highest BCUT2D eigenvalue weighted by Gasteiger charge is 2.25. The molecule has 2 aromatic carbocycles. The summed E-state index contributed by atoms with van der Waals surface area (Å²) in [5.41, 5.74) is 4.08. The Morgan fingerprint density at radius 1 is 1.11 bits per heavy atom. The van der Waals surface area contributed by atoms with Crippen LogP contribution in [-0.4, -0.2) is 11.7 Å². The molecule has 98 valence electrons. The Bertz CT molecular complexity index is 562. The Hall–Kier alpha value is -1.96. The number of hydrogen-bond donors (Lipinski definition) is 1. The molecule has 0 bridgehead atoms. The van der Waals surface area contributed by atoms with Crippen LogP contribution in [0.5, 0.6) is 5.75 Å². The molecule has 1 atom stereocenters. The molecule has 2 aromatic rings. The van der Waals surface area contributed by atoms with Crippen LogP contribution in [0.15, 0.2) is 48.5 Å². The lowest BCUT2D eigenvalue weighted by molar-refractivity contribution is 0.474. The number of aromatic hydroxyl groups is 1. The molecule has 0 saturated carbocycles. The van der Waals surface area contributed by atoms with E-state index in [2.05, 4.69) is 36.1 Å². The summed E-state index contributed by atoms with van der Waals surface area (Å²) >= 11 is 0. The highest BCUT2D eigenvalue weighted by atomic mass is 16.3. The number of phenolic OH excluding ortho intramolecular Hbond substituents is 1. The van der Waals surface area contributed by atoms with Crippen molar-refractivity contribution in [2.75, 3.05) is 11.4 Å². The molecule has 3 rings (SSSR count). The van der Waals surface area contributed by atoms with E-state index in [9.17, 15) is 5.11 Å². The minimum absolute atomic E-state index is 0.334. The molecule has 19 heavy (non-hydrogen) atoms. The maximum atomic E-state index is 9.42. The standard InChI is InChI=1S/C17H19NO/c1-2-16(14-7-9-15(19)10-8-14)18-12-11-13-5-3-4-6-17(13)18/h3-10,16,19H,2,11-12H2,1H3. The first-order valence-corrected chi connectivity index (χ1v) is 6.93. The van der Waals surface area contributed by atoms with Crippen LogP contribution in [-0.2, 0) is 6.42 Å². The first-order chi connectivity index (χ1) is 9.29. The number of anilines is 1. The van der Waals surface area contributed by atoms with Gasteiger partial charge in [-0.1, -0.05) is 37.3 Å². The van der Waals surface area contributed by atoms with E-state index < -0.39 is 0 Å². The highest BCUT2D eigenvalue weighted by molar-refractivity contribution is 5.59. The lowest BCUT2D eigenvalue weighted by Gasteiger charge is -2.30. The van der Waals surface area contributed by atoms with Crippen LogP contribution in [0.2, 0.25) is 0 Å². The van der Waals surface area contributed by atoms with Gasteiger partial charge < -0.3 is 10.0 Å². The van der Waals surface area contributed by atoms with Gasteiger partial charge in [0.1, 0.15) is 5.75 Å². The SMILES string of the molecule is CCC(c1ccc(O)cc1)N1CCc2ccccc21. The smallest absolute Gasteiger partial charge is 0.115 e. The van der Waals surface area contributed by atoms with Gasteiger partial charge in [0.15, 0.2) is 0 Å². The molecule has 2 nitrogen and oxygen atoms in total. The van der Waals surface area contributed by atoms with Crippen LogP contribution in [0.3, 0.4) is 0 Å². The summed E-state index contributed by atoms with van der Waals surface area (Å²) in [4.78, 5) is 2.49. The maximum Gasteiger partial charge on any atom is 0.115 e. The van der Waals surface area contributed by atoms with Crippen molar-refractivity contribution >= 4 is 5.69 Å². The fraction of sp³-hybridized carbons (Fsp3) is 0.294. The van der Waals surface area contributed by atoms with Crippen LogP contribution in [0.4, 0.5) is 5.69 Å². The van der Waals surface area contributed by atoms with Gasteiger partial charge in [-0.15, -0.1) is 0 Å². The Balaban J connectivity index is 1.94. The largest absolute Gasteiger partial charge is 0.508 e. The fourth-order valence-corrected chi connectivity index (χ4v) is 3.02. The molecule has 1 N–H and O–H groups in total. The zero-order chi connectivity index (χ0) is 13.2. The van der Waals surface area contributed by atoms with Crippen LogP contribution >= 0.6 is 0 Å². The summed E-state index contributed by atoms with van der Waals surface area (Å²) in [5, 5.41) is 9.42. The number of para-hydroxylation sites is 1. The summed E-state index contributed by atoms with van der Waals surface area (Å²) in [5.74, 6) is 0.334. The van der Waals surface area contributed by atoms with E-state index in [1.165, 1.54) is 16.8 Å². The van der Waals surface area contributed by atoms with Crippen molar-refractivity contribution in [1.82, 2.24) is 0 Å². The lowest BCUT2D eigenvalue weighted by Crippen LogP contribution is -2.26. The van der Waals surface area contributed by atoms with Gasteiger partial charge in [0, 0.05) is 12.2 Å². The molecule has 1 aliphatic heterocycles. The van der Waals surface area contributed by atoms with Crippen molar-refractivity contribution in [2.24, 2.45) is 0 Å². The Kier molecular flexibility index (Phi) is 3.16. The second-order valence-corrected chi connectivity index (χ2v) is 5.09. The maximum absolute atomic E-state index is 9.42. The average Bonchev–Trinajstić information content (AvgIpc) is 2.86. The van der Waals surface area contributed by atoms with E-state index in [1.807, 2.05) is 12.1 Å². The van der Waals surface area contributed by atoms with E-state index in [0.717, 1.165) is 19.4 Å². The molecule has 0 amide bonds. The molecule has 0 aromatic heterocycles. The minimum Gasteiger partial charge on any atom is -0.508 e. The Morgan fingerprint density at radius 3 is 2.58 bits per heavy atom. The molecule has 1 heterocycles. The second-order valence-electron chi connectivity index (χ2n) is 5.09. The van der Waals surface area contributed by atoms with Gasteiger partial charge in [0.05, 0.1) is 6.04 Å². The van der Waals surface area contributed by atoms with Crippen molar-refractivity contribution in [3.05, 3.63) is 59.7 Å². The number of hydrogen-bond acceptors (Lipinski definition) is 2. The predicted octanol–water partition coefficient (Wildman–Crippen LogP) is 3.91. The summed E-state index contributed by atoms with van der Waals surface area (Å²) in [6.07, 6.45) is 2.20. The molecule has 1 aliphatic rings. The van der Waals surface area contributed by atoms with Crippen LogP contribution in [0, 0.1) is 0 Å². The van der Waals surface area contributed by atoms with Gasteiger partial charge in [-0.2, -0.15) is 0 Å². The minimum atomic E-state index is 0.334. The lowest BCUT2D eigenvalue weighted by atomic mass is 10.0. The molecule has 2 heteroatoms. The molecule has 0 aliphatic carbocycles. The molecular formula is C17H19NO. The van der Waals surface area contributed by atoms with Gasteiger partial charge in [-0.05, 0) is 42.2 Å². The van der Waals surface area contributed by atoms with E-state index in [-0.39, 0.29) is 0 Å². The van der Waals surface area contributed by atoms with Crippen molar-refractivity contribution in [1.29, 1.82) is 0 Å². The quantitative estimate of drug-likeness (QED) is 0.896. The summed E-state index contributed by atoms with van der Waals surface area (Å²) in [6.45, 7) is 3.30. The Morgan fingerprint density at radius 2 is 1.84 bits per heavy atom. The number of fused-ring (bicyclic) bond motifs is 1. The number of nitrogens with zero attached hydrogens (tertiary/aromatic N) is 1. The Labute approximate surface area is 114 Å². The van der Waals surface area contributed by atoms with Crippen LogP contribution < -0.4 is 4.90 Å². The summed E-state index contributed by atoms with van der Waals surface area (Å²) < 4.78 is 0. The second kappa shape index (κ2) is 4.96. The van der Waals surface area contributed by atoms with E-state index in [4.69, 9.17) is 0 Å². The average molecular weight is 253 g/mol. The third-order valence-corrected chi connectivity index (χ3v) is 3.96. The van der Waals surface area contributed by atoms with Crippen molar-refractivity contribution < 1.29 is 5.11 Å².